The number of aryl methyl sites for hydroxylation is 1. The first kappa shape index (κ1) is 29.1. The zero-order valence-electron chi connectivity index (χ0n) is 20.0. The standard InChI is InChI=1S/C22H17ClF6N6O4S/c1-10-17(9-34(33-10)21(25)26)40(38,39)35-8-12(32-20(37)22(27,28)29)5-15-16(35)6-11(7-30-15)31-19(36)18-13(23)3-2-4-14(18)24/h2-4,6-7,9,12,21H,5,8H2,1H3,(H,31,36)(H,32,37). The molecule has 1 aromatic carbocycles. The molecule has 40 heavy (non-hydrogen) atoms. The van der Waals surface area contributed by atoms with Crippen molar-refractivity contribution in [2.45, 2.75) is 37.0 Å². The molecule has 0 saturated heterocycles. The highest BCUT2D eigenvalue weighted by Gasteiger charge is 2.43. The molecule has 1 aliphatic rings. The van der Waals surface area contributed by atoms with Gasteiger partial charge in [0.25, 0.3) is 15.9 Å². The van der Waals surface area contributed by atoms with E-state index in [1.807, 2.05) is 0 Å². The van der Waals surface area contributed by atoms with Gasteiger partial charge in [-0.2, -0.15) is 27.1 Å². The molecular weight excluding hydrogens is 594 g/mol. The van der Waals surface area contributed by atoms with Gasteiger partial charge in [-0.1, -0.05) is 17.7 Å². The Hall–Kier alpha value is -3.86. The zero-order chi connectivity index (χ0) is 29.6. The molecule has 2 amide bonds. The number of nitrogens with one attached hydrogen (secondary N) is 2. The van der Waals surface area contributed by atoms with Crippen LogP contribution in [0.3, 0.4) is 0 Å². The number of anilines is 2. The Labute approximate surface area is 227 Å². The molecule has 1 atom stereocenters. The highest BCUT2D eigenvalue weighted by Crippen LogP contribution is 2.35. The Morgan fingerprint density at radius 1 is 1.23 bits per heavy atom. The number of sulfonamides is 1. The van der Waals surface area contributed by atoms with E-state index in [-0.39, 0.29) is 38.9 Å². The van der Waals surface area contributed by atoms with Crippen molar-refractivity contribution in [2.75, 3.05) is 16.2 Å². The number of carbonyl (C=O) groups is 2. The number of halogens is 7. The highest BCUT2D eigenvalue weighted by molar-refractivity contribution is 7.92. The van der Waals surface area contributed by atoms with Crippen molar-refractivity contribution < 1.29 is 44.3 Å². The van der Waals surface area contributed by atoms with E-state index in [4.69, 9.17) is 11.6 Å². The fraction of sp³-hybridized carbons (Fsp3) is 0.273. The molecule has 4 rings (SSSR count). The molecular formula is C22H17ClF6N6O4S. The minimum atomic E-state index is -5.27. The van der Waals surface area contributed by atoms with Gasteiger partial charge in [-0.05, 0) is 25.1 Å². The maximum absolute atomic E-state index is 14.2. The summed E-state index contributed by atoms with van der Waals surface area (Å²) < 4.78 is 107. The summed E-state index contributed by atoms with van der Waals surface area (Å²) in [6.45, 7) is -2.81. The second-order valence-electron chi connectivity index (χ2n) is 8.49. The van der Waals surface area contributed by atoms with E-state index >= 15 is 0 Å². The van der Waals surface area contributed by atoms with E-state index in [1.54, 1.807) is 5.32 Å². The minimum absolute atomic E-state index is 0.0863. The number of rotatable bonds is 6. The quantitative estimate of drug-likeness (QED) is 0.409. The molecule has 2 N–H and O–H groups in total. The van der Waals surface area contributed by atoms with Crippen molar-refractivity contribution in [3.8, 4) is 0 Å². The molecule has 1 unspecified atom stereocenters. The Bertz CT molecular complexity index is 1580. The fourth-order valence-electron chi connectivity index (χ4n) is 3.96. The van der Waals surface area contributed by atoms with Crippen molar-refractivity contribution in [3.63, 3.8) is 0 Å². The summed E-state index contributed by atoms with van der Waals surface area (Å²) in [7, 11) is -4.78. The van der Waals surface area contributed by atoms with Crippen molar-refractivity contribution in [3.05, 3.63) is 64.5 Å². The Balaban J connectivity index is 1.76. The van der Waals surface area contributed by atoms with E-state index in [0.29, 0.717) is 10.5 Å². The Morgan fingerprint density at radius 3 is 2.52 bits per heavy atom. The number of carbonyl (C=O) groups excluding carboxylic acids is 2. The van der Waals surface area contributed by atoms with E-state index in [9.17, 15) is 44.3 Å². The second-order valence-corrected chi connectivity index (χ2v) is 10.7. The van der Waals surface area contributed by atoms with Crippen LogP contribution in [0.2, 0.25) is 5.02 Å². The van der Waals surface area contributed by atoms with Crippen LogP contribution in [0.15, 0.2) is 41.6 Å². The number of hydrogen-bond acceptors (Lipinski definition) is 6. The van der Waals surface area contributed by atoms with E-state index in [1.165, 1.54) is 12.1 Å². The van der Waals surface area contributed by atoms with Crippen LogP contribution >= 0.6 is 11.6 Å². The van der Waals surface area contributed by atoms with Gasteiger partial charge >= 0.3 is 18.6 Å². The SMILES string of the molecule is Cc1nn(C(F)F)cc1S(=O)(=O)N1CC(NC(=O)C(F)(F)F)Cc2ncc(NC(=O)c3c(F)cccc3Cl)cc21. The molecule has 0 fully saturated rings. The van der Waals surface area contributed by atoms with E-state index in [2.05, 4.69) is 15.4 Å². The number of alkyl halides is 5. The van der Waals surface area contributed by atoms with Crippen LogP contribution in [0.5, 0.6) is 0 Å². The Morgan fingerprint density at radius 2 is 1.93 bits per heavy atom. The zero-order valence-corrected chi connectivity index (χ0v) is 21.6. The minimum Gasteiger partial charge on any atom is -0.343 e. The molecule has 1 aliphatic heterocycles. The lowest BCUT2D eigenvalue weighted by Crippen LogP contribution is -2.53. The van der Waals surface area contributed by atoms with Gasteiger partial charge in [0.1, 0.15) is 10.7 Å². The van der Waals surface area contributed by atoms with Crippen molar-refractivity contribution in [1.82, 2.24) is 20.1 Å². The van der Waals surface area contributed by atoms with Gasteiger partial charge < -0.3 is 10.6 Å². The van der Waals surface area contributed by atoms with E-state index < -0.39 is 63.4 Å². The third-order valence-electron chi connectivity index (χ3n) is 5.72. The van der Waals surface area contributed by atoms with Crippen molar-refractivity contribution >= 4 is 44.8 Å². The first-order valence-corrected chi connectivity index (χ1v) is 12.9. The molecule has 10 nitrogen and oxygen atoms in total. The van der Waals surface area contributed by atoms with Gasteiger partial charge in [-0.3, -0.25) is 18.9 Å². The lowest BCUT2D eigenvalue weighted by atomic mass is 10.0. The molecule has 0 spiro atoms. The Kier molecular flexibility index (Phi) is 7.72. The summed E-state index contributed by atoms with van der Waals surface area (Å²) in [5, 5.41) is 7.24. The number of nitrogens with zero attached hydrogens (tertiary/aromatic N) is 4. The predicted molar refractivity (Wildman–Crippen MR) is 128 cm³/mol. The lowest BCUT2D eigenvalue weighted by molar-refractivity contribution is -0.174. The van der Waals surface area contributed by atoms with Crippen LogP contribution in [0.25, 0.3) is 0 Å². The number of pyridine rings is 1. The topological polar surface area (TPSA) is 126 Å². The monoisotopic (exact) mass is 610 g/mol. The number of amides is 2. The molecule has 3 aromatic rings. The molecule has 0 saturated carbocycles. The summed E-state index contributed by atoms with van der Waals surface area (Å²) >= 11 is 5.91. The van der Waals surface area contributed by atoms with Crippen LogP contribution < -0.4 is 14.9 Å². The van der Waals surface area contributed by atoms with Gasteiger partial charge in [0, 0.05) is 6.42 Å². The van der Waals surface area contributed by atoms with Crippen LogP contribution in [0.1, 0.15) is 28.3 Å². The number of fused-ring (bicyclic) bond motifs is 1. The van der Waals surface area contributed by atoms with Crippen LogP contribution in [0, 0.1) is 12.7 Å². The third-order valence-corrected chi connectivity index (χ3v) is 7.92. The lowest BCUT2D eigenvalue weighted by Gasteiger charge is -2.35. The first-order valence-electron chi connectivity index (χ1n) is 11.1. The van der Waals surface area contributed by atoms with Gasteiger partial charge in [0.2, 0.25) is 0 Å². The highest BCUT2D eigenvalue weighted by atomic mass is 35.5. The maximum Gasteiger partial charge on any atom is 0.471 e. The molecule has 214 valence electrons. The predicted octanol–water partition coefficient (Wildman–Crippen LogP) is 3.82. The summed E-state index contributed by atoms with van der Waals surface area (Å²) in [4.78, 5) is 27.6. The van der Waals surface area contributed by atoms with Crippen LogP contribution in [-0.4, -0.2) is 53.8 Å². The molecule has 0 radical (unpaired) electrons. The molecule has 0 bridgehead atoms. The van der Waals surface area contributed by atoms with Gasteiger partial charge in [0.15, 0.2) is 0 Å². The summed E-state index contributed by atoms with van der Waals surface area (Å²) in [6, 6.07) is 3.19. The average Bonchev–Trinajstić information content (AvgIpc) is 3.26. The largest absolute Gasteiger partial charge is 0.471 e. The van der Waals surface area contributed by atoms with Crippen LogP contribution in [0.4, 0.5) is 37.7 Å². The smallest absolute Gasteiger partial charge is 0.343 e. The van der Waals surface area contributed by atoms with Gasteiger partial charge in [-0.25, -0.2) is 17.5 Å². The van der Waals surface area contributed by atoms with Crippen molar-refractivity contribution in [1.29, 1.82) is 0 Å². The summed E-state index contributed by atoms with van der Waals surface area (Å²) in [6.07, 6.45) is -4.04. The molecule has 18 heteroatoms. The molecule has 3 heterocycles. The fourth-order valence-corrected chi connectivity index (χ4v) is 5.89. The normalized spacial score (nSPS) is 15.6. The number of hydrogen-bond donors (Lipinski definition) is 2. The number of aromatic nitrogens is 3. The third kappa shape index (κ3) is 5.70. The van der Waals surface area contributed by atoms with E-state index in [0.717, 1.165) is 25.3 Å². The van der Waals surface area contributed by atoms with Crippen molar-refractivity contribution in [2.24, 2.45) is 0 Å². The first-order chi connectivity index (χ1) is 18.6. The summed E-state index contributed by atoms with van der Waals surface area (Å²) in [5.41, 5.74) is -1.35. The molecule has 0 aliphatic carbocycles. The van der Waals surface area contributed by atoms with Gasteiger partial charge in [-0.15, -0.1) is 0 Å². The van der Waals surface area contributed by atoms with Gasteiger partial charge in [0.05, 0.1) is 58.3 Å². The number of benzene rings is 1. The average molecular weight is 611 g/mol. The molecule has 2 aromatic heterocycles. The second kappa shape index (κ2) is 10.6. The summed E-state index contributed by atoms with van der Waals surface area (Å²) in [5.74, 6) is -4.29. The maximum atomic E-state index is 14.2. The van der Waals surface area contributed by atoms with Crippen LogP contribution in [-0.2, 0) is 21.2 Å².